The van der Waals surface area contributed by atoms with E-state index in [0.717, 1.165) is 5.56 Å². The Morgan fingerprint density at radius 3 is 2.70 bits per heavy atom. The van der Waals surface area contributed by atoms with Gasteiger partial charge < -0.3 is 4.74 Å². The topological polar surface area (TPSA) is 52.3 Å². The van der Waals surface area contributed by atoms with Crippen molar-refractivity contribution >= 4 is 29.1 Å². The van der Waals surface area contributed by atoms with E-state index in [-0.39, 0.29) is 0 Å². The monoisotopic (exact) mass is 306 g/mol. The summed E-state index contributed by atoms with van der Waals surface area (Å²) >= 11 is 7.77. The highest BCUT2D eigenvalue weighted by Gasteiger charge is 2.14. The van der Waals surface area contributed by atoms with E-state index in [1.54, 1.807) is 11.8 Å². The second-order valence-corrected chi connectivity index (χ2v) is 5.32. The van der Waals surface area contributed by atoms with Crippen LogP contribution in [0.3, 0.4) is 0 Å². The van der Waals surface area contributed by atoms with Gasteiger partial charge in [-0.05, 0) is 37.4 Å². The number of rotatable bonds is 3. The second kappa shape index (κ2) is 5.30. The van der Waals surface area contributed by atoms with Crippen LogP contribution in [-0.2, 0) is 0 Å². The third-order valence-corrected chi connectivity index (χ3v) is 3.94. The van der Waals surface area contributed by atoms with Crippen LogP contribution < -0.4 is 4.74 Å². The molecule has 2 aromatic heterocycles. The van der Waals surface area contributed by atoms with E-state index >= 15 is 0 Å². The lowest BCUT2D eigenvalue weighted by Gasteiger charge is -2.10. The van der Waals surface area contributed by atoms with Crippen LogP contribution >= 0.6 is 23.4 Å². The Morgan fingerprint density at radius 1 is 1.25 bits per heavy atom. The van der Waals surface area contributed by atoms with Crippen LogP contribution in [0.2, 0.25) is 5.15 Å². The average Bonchev–Trinajstić information content (AvgIpc) is 2.92. The summed E-state index contributed by atoms with van der Waals surface area (Å²) in [7, 11) is 0. The molecule has 0 atom stereocenters. The smallest absolute Gasteiger partial charge is 0.256 e. The maximum atomic E-state index is 6.09. The molecule has 0 unspecified atom stereocenters. The van der Waals surface area contributed by atoms with Crippen molar-refractivity contribution in [1.29, 1.82) is 0 Å². The lowest BCUT2D eigenvalue weighted by atomic mass is 10.3. The standard InChI is InChI=1S/C13H11ClN4OS/c1-8-11(14)17-13-15-7-16-18(13)12(8)19-9-3-5-10(20-2)6-4-9/h3-7H,1-2H3. The molecule has 0 fully saturated rings. The van der Waals surface area contributed by atoms with Gasteiger partial charge in [0, 0.05) is 10.5 Å². The molecule has 7 heteroatoms. The Labute approximate surface area is 125 Å². The van der Waals surface area contributed by atoms with Gasteiger partial charge in [-0.15, -0.1) is 11.8 Å². The lowest BCUT2D eigenvalue weighted by molar-refractivity contribution is 0.441. The highest BCUT2D eigenvalue weighted by molar-refractivity contribution is 7.98. The SMILES string of the molecule is CSc1ccc(Oc2c(C)c(Cl)nc3ncnn23)cc1. The largest absolute Gasteiger partial charge is 0.438 e. The number of hydrogen-bond acceptors (Lipinski definition) is 5. The van der Waals surface area contributed by atoms with Gasteiger partial charge in [-0.3, -0.25) is 0 Å². The van der Waals surface area contributed by atoms with E-state index in [4.69, 9.17) is 16.3 Å². The average molecular weight is 307 g/mol. The minimum atomic E-state index is 0.362. The number of fused-ring (bicyclic) bond motifs is 1. The van der Waals surface area contributed by atoms with Crippen molar-refractivity contribution in [3.05, 3.63) is 41.3 Å². The first-order valence-electron chi connectivity index (χ1n) is 5.87. The quantitative estimate of drug-likeness (QED) is 0.546. The summed E-state index contributed by atoms with van der Waals surface area (Å²) in [5.41, 5.74) is 0.721. The van der Waals surface area contributed by atoms with Gasteiger partial charge in [0.15, 0.2) is 0 Å². The van der Waals surface area contributed by atoms with E-state index in [1.165, 1.54) is 15.7 Å². The molecule has 0 radical (unpaired) electrons. The Bertz CT molecular complexity index is 757. The number of hydrogen-bond donors (Lipinski definition) is 0. The molecule has 0 aliphatic heterocycles. The van der Waals surface area contributed by atoms with Gasteiger partial charge in [0.1, 0.15) is 17.2 Å². The third-order valence-electron chi connectivity index (χ3n) is 2.82. The molecule has 5 nitrogen and oxygen atoms in total. The molecule has 0 amide bonds. The zero-order valence-electron chi connectivity index (χ0n) is 10.9. The Kier molecular flexibility index (Phi) is 3.50. The number of thioether (sulfide) groups is 1. The van der Waals surface area contributed by atoms with Crippen molar-refractivity contribution in [2.45, 2.75) is 11.8 Å². The Hall–Kier alpha value is -1.79. The van der Waals surface area contributed by atoms with Crippen molar-refractivity contribution in [2.24, 2.45) is 0 Å². The Balaban J connectivity index is 2.04. The molecule has 0 N–H and O–H groups in total. The highest BCUT2D eigenvalue weighted by Crippen LogP contribution is 2.29. The first kappa shape index (κ1) is 13.2. The summed E-state index contributed by atoms with van der Waals surface area (Å²) in [5, 5.41) is 4.47. The molecule has 1 aromatic carbocycles. The molecule has 0 aliphatic carbocycles. The van der Waals surface area contributed by atoms with Gasteiger partial charge in [-0.2, -0.15) is 19.6 Å². The predicted octanol–water partition coefficient (Wildman–Crippen LogP) is 3.60. The highest BCUT2D eigenvalue weighted by atomic mass is 35.5. The maximum Gasteiger partial charge on any atom is 0.256 e. The van der Waals surface area contributed by atoms with Crippen LogP contribution in [0.4, 0.5) is 0 Å². The van der Waals surface area contributed by atoms with Crippen LogP contribution in [-0.4, -0.2) is 25.8 Å². The molecule has 20 heavy (non-hydrogen) atoms. The molecule has 0 spiro atoms. The minimum absolute atomic E-state index is 0.362. The van der Waals surface area contributed by atoms with E-state index in [9.17, 15) is 0 Å². The molecule has 3 aromatic rings. The molecule has 2 heterocycles. The van der Waals surface area contributed by atoms with Gasteiger partial charge in [0.25, 0.3) is 5.78 Å². The van der Waals surface area contributed by atoms with E-state index in [0.29, 0.717) is 22.6 Å². The Morgan fingerprint density at radius 2 is 2.00 bits per heavy atom. The summed E-state index contributed by atoms with van der Waals surface area (Å²) in [6.07, 6.45) is 3.45. The van der Waals surface area contributed by atoms with Crippen molar-refractivity contribution < 1.29 is 4.74 Å². The summed E-state index contributed by atoms with van der Waals surface area (Å²) < 4.78 is 7.42. The fraction of sp³-hybridized carbons (Fsp3) is 0.154. The van der Waals surface area contributed by atoms with E-state index < -0.39 is 0 Å². The number of nitrogens with zero attached hydrogens (tertiary/aromatic N) is 4. The first-order valence-corrected chi connectivity index (χ1v) is 7.47. The minimum Gasteiger partial charge on any atom is -0.438 e. The molecule has 0 saturated carbocycles. The lowest BCUT2D eigenvalue weighted by Crippen LogP contribution is -2.01. The molecular weight excluding hydrogens is 296 g/mol. The molecule has 102 valence electrons. The number of halogens is 1. The van der Waals surface area contributed by atoms with Crippen LogP contribution in [0.1, 0.15) is 5.56 Å². The zero-order valence-corrected chi connectivity index (χ0v) is 12.4. The van der Waals surface area contributed by atoms with E-state index in [2.05, 4.69) is 15.1 Å². The van der Waals surface area contributed by atoms with Gasteiger partial charge in [0.05, 0.1) is 0 Å². The maximum absolute atomic E-state index is 6.09. The normalized spacial score (nSPS) is 10.9. The van der Waals surface area contributed by atoms with Crippen molar-refractivity contribution in [3.8, 4) is 11.6 Å². The molecule has 0 aliphatic rings. The molecule has 0 saturated heterocycles. The molecular formula is C13H11ClN4OS. The van der Waals surface area contributed by atoms with Crippen molar-refractivity contribution in [3.63, 3.8) is 0 Å². The number of benzene rings is 1. The number of ether oxygens (including phenoxy) is 1. The van der Waals surface area contributed by atoms with E-state index in [1.807, 2.05) is 37.4 Å². The van der Waals surface area contributed by atoms with Gasteiger partial charge in [-0.1, -0.05) is 11.6 Å². The second-order valence-electron chi connectivity index (χ2n) is 4.08. The van der Waals surface area contributed by atoms with Crippen LogP contribution in [0, 0.1) is 6.92 Å². The summed E-state index contributed by atoms with van der Waals surface area (Å²) in [4.78, 5) is 9.33. The van der Waals surface area contributed by atoms with Gasteiger partial charge >= 0.3 is 0 Å². The van der Waals surface area contributed by atoms with Crippen molar-refractivity contribution in [1.82, 2.24) is 19.6 Å². The third kappa shape index (κ3) is 2.32. The molecule has 3 rings (SSSR count). The molecule has 0 bridgehead atoms. The fourth-order valence-electron chi connectivity index (χ4n) is 1.75. The summed E-state index contributed by atoms with van der Waals surface area (Å²) in [6.45, 7) is 1.84. The van der Waals surface area contributed by atoms with Crippen LogP contribution in [0.15, 0.2) is 35.5 Å². The van der Waals surface area contributed by atoms with Gasteiger partial charge in [0.2, 0.25) is 5.88 Å². The zero-order chi connectivity index (χ0) is 14.1. The van der Waals surface area contributed by atoms with Crippen LogP contribution in [0.25, 0.3) is 5.78 Å². The van der Waals surface area contributed by atoms with Crippen molar-refractivity contribution in [2.75, 3.05) is 6.26 Å². The summed E-state index contributed by atoms with van der Waals surface area (Å²) in [6, 6.07) is 7.80. The number of aromatic nitrogens is 4. The summed E-state index contributed by atoms with van der Waals surface area (Å²) in [5.74, 6) is 1.65. The first-order chi connectivity index (χ1) is 9.69. The van der Waals surface area contributed by atoms with Crippen LogP contribution in [0.5, 0.6) is 11.6 Å². The fourth-order valence-corrected chi connectivity index (χ4v) is 2.31. The predicted molar refractivity (Wildman–Crippen MR) is 78.8 cm³/mol. The van der Waals surface area contributed by atoms with Gasteiger partial charge in [-0.25, -0.2) is 0 Å².